The van der Waals surface area contributed by atoms with Crippen molar-refractivity contribution in [3.63, 3.8) is 0 Å². The molecule has 2 heterocycles. The van der Waals surface area contributed by atoms with E-state index in [2.05, 4.69) is 0 Å². The van der Waals surface area contributed by atoms with Crippen LogP contribution >= 0.6 is 0 Å². The van der Waals surface area contributed by atoms with Crippen molar-refractivity contribution in [2.75, 3.05) is 24.5 Å². The molecule has 26 heavy (non-hydrogen) atoms. The van der Waals surface area contributed by atoms with Gasteiger partial charge in [0.2, 0.25) is 10.0 Å². The van der Waals surface area contributed by atoms with E-state index in [4.69, 9.17) is 0 Å². The zero-order chi connectivity index (χ0) is 19.1. The first-order valence-corrected chi connectivity index (χ1v) is 10.2. The maximum atomic E-state index is 12.6. The predicted octanol–water partition coefficient (Wildman–Crippen LogP) is 1.01. The molecule has 3 amide bonds. The summed E-state index contributed by atoms with van der Waals surface area (Å²) in [5.74, 6) is -0.471. The second-order valence-corrected chi connectivity index (χ2v) is 8.33. The number of sulfonamides is 1. The Kier molecular flexibility index (Phi) is 5.05. The normalized spacial score (nSPS) is 23.7. The van der Waals surface area contributed by atoms with E-state index in [1.165, 1.54) is 33.5 Å². The Morgan fingerprint density at radius 3 is 2.31 bits per heavy atom. The van der Waals surface area contributed by atoms with Crippen LogP contribution in [0.5, 0.6) is 0 Å². The largest absolute Gasteiger partial charge is 0.390 e. The van der Waals surface area contributed by atoms with Gasteiger partial charge in [0.15, 0.2) is 0 Å². The number of aliphatic hydroxyl groups excluding tert-OH is 1. The highest BCUT2D eigenvalue weighted by molar-refractivity contribution is 7.89. The number of hydrogen-bond acceptors (Lipinski definition) is 5. The minimum atomic E-state index is -3.60. The second kappa shape index (κ2) is 6.98. The van der Waals surface area contributed by atoms with Crippen molar-refractivity contribution >= 4 is 27.6 Å². The van der Waals surface area contributed by atoms with Crippen molar-refractivity contribution in [3.8, 4) is 0 Å². The van der Waals surface area contributed by atoms with Gasteiger partial charge in [0.25, 0.3) is 5.91 Å². The van der Waals surface area contributed by atoms with Crippen LogP contribution in [-0.2, 0) is 14.8 Å². The molecular weight excluding hydrogens is 358 g/mol. The zero-order valence-electron chi connectivity index (χ0n) is 14.8. The Labute approximate surface area is 153 Å². The molecule has 9 heteroatoms. The fourth-order valence-electron chi connectivity index (χ4n) is 3.56. The van der Waals surface area contributed by atoms with Crippen LogP contribution in [0.1, 0.15) is 26.7 Å². The second-order valence-electron chi connectivity index (χ2n) is 6.39. The summed E-state index contributed by atoms with van der Waals surface area (Å²) in [5, 5.41) is 10.1. The number of rotatable bonds is 5. The van der Waals surface area contributed by atoms with E-state index >= 15 is 0 Å². The van der Waals surface area contributed by atoms with Crippen LogP contribution in [0.15, 0.2) is 29.2 Å². The number of nitrogens with zero attached hydrogens (tertiary/aromatic N) is 3. The minimum absolute atomic E-state index is 0.113. The highest BCUT2D eigenvalue weighted by atomic mass is 32.2. The van der Waals surface area contributed by atoms with Gasteiger partial charge < -0.3 is 10.0 Å². The fourth-order valence-corrected chi connectivity index (χ4v) is 5.02. The number of urea groups is 1. The fraction of sp³-hybridized carbons (Fsp3) is 0.529. The third-order valence-corrected chi connectivity index (χ3v) is 7.01. The summed E-state index contributed by atoms with van der Waals surface area (Å²) in [7, 11) is -3.60. The molecule has 0 bridgehead atoms. The maximum Gasteiger partial charge on any atom is 0.332 e. The molecule has 0 spiro atoms. The summed E-state index contributed by atoms with van der Waals surface area (Å²) in [5.41, 5.74) is 0.306. The molecule has 2 saturated heterocycles. The first kappa shape index (κ1) is 18.8. The van der Waals surface area contributed by atoms with E-state index < -0.39 is 34.1 Å². The molecule has 1 N–H and O–H groups in total. The Morgan fingerprint density at radius 2 is 1.77 bits per heavy atom. The van der Waals surface area contributed by atoms with Crippen molar-refractivity contribution in [2.24, 2.45) is 0 Å². The number of piperidine rings is 1. The van der Waals surface area contributed by atoms with E-state index in [1.807, 2.05) is 0 Å². The lowest BCUT2D eigenvalue weighted by molar-refractivity contribution is -0.124. The zero-order valence-corrected chi connectivity index (χ0v) is 15.6. The lowest BCUT2D eigenvalue weighted by Crippen LogP contribution is -2.48. The molecule has 2 aliphatic rings. The molecule has 0 aromatic heterocycles. The molecule has 2 atom stereocenters. The first-order chi connectivity index (χ1) is 12.3. The Bertz CT molecular complexity index is 804. The Morgan fingerprint density at radius 1 is 1.15 bits per heavy atom. The Hall–Kier alpha value is -1.97. The lowest BCUT2D eigenvalue weighted by atomic mass is 10.00. The molecule has 0 unspecified atom stereocenters. The maximum absolute atomic E-state index is 12.6. The van der Waals surface area contributed by atoms with E-state index in [0.717, 1.165) is 4.90 Å². The van der Waals surface area contributed by atoms with Gasteiger partial charge in [0.1, 0.15) is 6.04 Å². The lowest BCUT2D eigenvalue weighted by Gasteiger charge is -2.30. The third kappa shape index (κ3) is 2.89. The number of carbonyl (C=O) groups is 2. The monoisotopic (exact) mass is 381 g/mol. The summed E-state index contributed by atoms with van der Waals surface area (Å²) < 4.78 is 26.4. The molecule has 2 fully saturated rings. The number of hydrogen-bond donors (Lipinski definition) is 1. The van der Waals surface area contributed by atoms with Gasteiger partial charge in [-0.05, 0) is 37.1 Å². The number of carbonyl (C=O) groups excluding carboxylic acids is 2. The van der Waals surface area contributed by atoms with Crippen LogP contribution in [0.4, 0.5) is 10.5 Å². The SMILES string of the molecule is CCN(CC)S(=O)(=O)c1ccc(N2C(=O)[C@H]3[C@@H](O)CCCN3C2=O)cc1. The van der Waals surface area contributed by atoms with Crippen LogP contribution in [0, 0.1) is 0 Å². The number of fused-ring (bicyclic) bond motifs is 1. The van der Waals surface area contributed by atoms with Crippen molar-refractivity contribution in [2.45, 2.75) is 43.7 Å². The van der Waals surface area contributed by atoms with Crippen LogP contribution in [-0.4, -0.2) is 66.4 Å². The summed E-state index contributed by atoms with van der Waals surface area (Å²) in [6, 6.07) is 4.39. The van der Waals surface area contributed by atoms with Gasteiger partial charge in [-0.2, -0.15) is 4.31 Å². The van der Waals surface area contributed by atoms with Crippen molar-refractivity contribution in [1.82, 2.24) is 9.21 Å². The summed E-state index contributed by atoms with van der Waals surface area (Å²) >= 11 is 0. The van der Waals surface area contributed by atoms with Gasteiger partial charge in [-0.3, -0.25) is 4.79 Å². The van der Waals surface area contributed by atoms with Gasteiger partial charge in [-0.1, -0.05) is 13.8 Å². The molecule has 0 aliphatic carbocycles. The number of amides is 3. The van der Waals surface area contributed by atoms with E-state index in [-0.39, 0.29) is 4.90 Å². The molecule has 2 aliphatic heterocycles. The standard InChI is InChI=1S/C17H23N3O5S/c1-3-18(4-2)26(24,25)13-9-7-12(8-10-13)20-16(22)15-14(21)6-5-11-19(15)17(20)23/h7-10,14-15,21H,3-6,11H2,1-2H3/t14-,15+/m0/s1. The molecule has 1 aromatic rings. The highest BCUT2D eigenvalue weighted by Crippen LogP contribution is 2.31. The number of imide groups is 1. The molecule has 0 radical (unpaired) electrons. The number of benzene rings is 1. The highest BCUT2D eigenvalue weighted by Gasteiger charge is 2.50. The predicted molar refractivity (Wildman–Crippen MR) is 95.2 cm³/mol. The molecular formula is C17H23N3O5S. The van der Waals surface area contributed by atoms with E-state index in [1.54, 1.807) is 13.8 Å². The first-order valence-electron chi connectivity index (χ1n) is 8.75. The van der Waals surface area contributed by atoms with Gasteiger partial charge in [-0.25, -0.2) is 18.1 Å². The molecule has 142 valence electrons. The quantitative estimate of drug-likeness (QED) is 0.768. The average Bonchev–Trinajstić information content (AvgIpc) is 2.88. The minimum Gasteiger partial charge on any atom is -0.390 e. The van der Waals surface area contributed by atoms with E-state index in [0.29, 0.717) is 38.2 Å². The van der Waals surface area contributed by atoms with Gasteiger partial charge >= 0.3 is 6.03 Å². The smallest absolute Gasteiger partial charge is 0.332 e. The summed E-state index contributed by atoms with van der Waals surface area (Å²) in [4.78, 5) is 27.7. The van der Waals surface area contributed by atoms with Crippen molar-refractivity contribution < 1.29 is 23.1 Å². The van der Waals surface area contributed by atoms with Gasteiger partial charge in [0.05, 0.1) is 16.7 Å². The molecule has 8 nitrogen and oxygen atoms in total. The van der Waals surface area contributed by atoms with Crippen molar-refractivity contribution in [1.29, 1.82) is 0 Å². The topological polar surface area (TPSA) is 98.2 Å². The van der Waals surface area contributed by atoms with E-state index in [9.17, 15) is 23.1 Å². The van der Waals surface area contributed by atoms with Crippen LogP contribution < -0.4 is 4.90 Å². The average molecular weight is 381 g/mol. The van der Waals surface area contributed by atoms with Crippen molar-refractivity contribution in [3.05, 3.63) is 24.3 Å². The summed E-state index contributed by atoms with van der Waals surface area (Å²) in [6.07, 6.45) is 0.258. The number of aliphatic hydroxyl groups is 1. The van der Waals surface area contributed by atoms with Gasteiger partial charge in [-0.15, -0.1) is 0 Å². The molecule has 0 saturated carbocycles. The van der Waals surface area contributed by atoms with Gasteiger partial charge in [0, 0.05) is 19.6 Å². The van der Waals surface area contributed by atoms with Crippen LogP contribution in [0.2, 0.25) is 0 Å². The Balaban J connectivity index is 1.90. The number of anilines is 1. The molecule has 3 rings (SSSR count). The van der Waals surface area contributed by atoms with Crippen LogP contribution in [0.25, 0.3) is 0 Å². The summed E-state index contributed by atoms with van der Waals surface area (Å²) in [6.45, 7) is 4.67. The van der Waals surface area contributed by atoms with Crippen LogP contribution in [0.3, 0.4) is 0 Å². The third-order valence-electron chi connectivity index (χ3n) is 4.95. The molecule has 1 aromatic carbocycles.